The Morgan fingerprint density at radius 2 is 2.19 bits per heavy atom. The Hall–Kier alpha value is -1.35. The zero-order chi connectivity index (χ0) is 11.5. The van der Waals surface area contributed by atoms with E-state index in [0.29, 0.717) is 6.42 Å². The highest BCUT2D eigenvalue weighted by molar-refractivity contribution is 5.78. The van der Waals surface area contributed by atoms with Crippen molar-refractivity contribution < 1.29 is 4.79 Å². The first kappa shape index (κ1) is 11.1. The van der Waals surface area contributed by atoms with Gasteiger partial charge in [0.1, 0.15) is 0 Å². The molecule has 1 aromatic carbocycles. The molecule has 0 radical (unpaired) electrons. The van der Waals surface area contributed by atoms with Gasteiger partial charge in [0.05, 0.1) is 6.42 Å². The van der Waals surface area contributed by atoms with Crippen LogP contribution in [0.15, 0.2) is 18.2 Å². The topological polar surface area (TPSA) is 32.3 Å². The lowest BCUT2D eigenvalue weighted by molar-refractivity contribution is -0.127. The number of likely N-dealkylation sites (N-methyl/N-ethyl adjacent to an activating group) is 1. The second kappa shape index (κ2) is 4.66. The van der Waals surface area contributed by atoms with Gasteiger partial charge in [0.2, 0.25) is 5.91 Å². The minimum absolute atomic E-state index is 0.156. The van der Waals surface area contributed by atoms with Crippen LogP contribution in [0.25, 0.3) is 0 Å². The van der Waals surface area contributed by atoms with Gasteiger partial charge in [-0.25, -0.2) is 0 Å². The largest absolute Gasteiger partial charge is 0.349 e. The molecule has 1 amide bonds. The van der Waals surface area contributed by atoms with Gasteiger partial charge in [-0.3, -0.25) is 4.79 Å². The fourth-order valence-corrected chi connectivity index (χ4v) is 1.98. The van der Waals surface area contributed by atoms with Crippen molar-refractivity contribution in [3.63, 3.8) is 0 Å². The third-order valence-electron chi connectivity index (χ3n) is 3.01. The zero-order valence-electron chi connectivity index (χ0n) is 9.92. The summed E-state index contributed by atoms with van der Waals surface area (Å²) in [5.74, 6) is 0.156. The van der Waals surface area contributed by atoms with Crippen LogP contribution in [-0.4, -0.2) is 31.4 Å². The lowest BCUT2D eigenvalue weighted by atomic mass is 9.97. The van der Waals surface area contributed by atoms with Crippen LogP contribution in [0.3, 0.4) is 0 Å². The third kappa shape index (κ3) is 2.42. The first-order valence-electron chi connectivity index (χ1n) is 5.68. The average molecular weight is 218 g/mol. The van der Waals surface area contributed by atoms with Crippen LogP contribution in [0.5, 0.6) is 0 Å². The molecule has 0 spiro atoms. The van der Waals surface area contributed by atoms with Gasteiger partial charge in [-0.15, -0.1) is 0 Å². The highest BCUT2D eigenvalue weighted by atomic mass is 16.2. The molecule has 1 aromatic rings. The maximum atomic E-state index is 11.6. The fraction of sp³-hybridized carbons (Fsp3) is 0.462. The van der Waals surface area contributed by atoms with Crippen LogP contribution < -0.4 is 5.32 Å². The minimum Gasteiger partial charge on any atom is -0.349 e. The van der Waals surface area contributed by atoms with E-state index in [-0.39, 0.29) is 5.91 Å². The van der Waals surface area contributed by atoms with E-state index in [4.69, 9.17) is 0 Å². The summed E-state index contributed by atoms with van der Waals surface area (Å²) in [6.45, 7) is 1.99. The van der Waals surface area contributed by atoms with Gasteiger partial charge in [-0.05, 0) is 29.7 Å². The van der Waals surface area contributed by atoms with Gasteiger partial charge in [0.15, 0.2) is 0 Å². The lowest BCUT2D eigenvalue weighted by Crippen LogP contribution is -2.25. The summed E-state index contributed by atoms with van der Waals surface area (Å²) in [7, 11) is 3.59. The van der Waals surface area contributed by atoms with E-state index in [1.807, 2.05) is 0 Å². The minimum atomic E-state index is 0.156. The summed E-state index contributed by atoms with van der Waals surface area (Å²) in [4.78, 5) is 13.2. The molecule has 3 nitrogen and oxygen atoms in total. The van der Waals surface area contributed by atoms with E-state index in [1.165, 1.54) is 11.1 Å². The molecule has 0 bridgehead atoms. The van der Waals surface area contributed by atoms with Crippen molar-refractivity contribution in [2.24, 2.45) is 0 Å². The molecule has 86 valence electrons. The average Bonchev–Trinajstić information content (AvgIpc) is 2.28. The Morgan fingerprint density at radius 1 is 1.38 bits per heavy atom. The Bertz CT molecular complexity index is 399. The van der Waals surface area contributed by atoms with Crippen molar-refractivity contribution in [3.8, 4) is 0 Å². The number of hydrogen-bond donors (Lipinski definition) is 1. The molecule has 1 aliphatic heterocycles. The molecule has 0 saturated carbocycles. The van der Waals surface area contributed by atoms with Gasteiger partial charge in [0, 0.05) is 20.6 Å². The maximum Gasteiger partial charge on any atom is 0.226 e. The van der Waals surface area contributed by atoms with Crippen molar-refractivity contribution in [1.82, 2.24) is 10.2 Å². The predicted molar refractivity (Wildman–Crippen MR) is 64.3 cm³/mol. The second-order valence-corrected chi connectivity index (χ2v) is 4.49. The summed E-state index contributed by atoms with van der Waals surface area (Å²) in [5.41, 5.74) is 3.87. The first-order chi connectivity index (χ1) is 7.66. The molecule has 2 rings (SSSR count). The van der Waals surface area contributed by atoms with Crippen molar-refractivity contribution in [1.29, 1.82) is 0 Å². The molecule has 1 N–H and O–H groups in total. The molecule has 0 aromatic heterocycles. The zero-order valence-corrected chi connectivity index (χ0v) is 9.92. The van der Waals surface area contributed by atoms with Crippen LogP contribution in [0.2, 0.25) is 0 Å². The standard InChI is InChI=1S/C13H18N2O/c1-15(2)13(16)8-10-3-4-11-5-6-14-9-12(11)7-10/h3-4,7,14H,5-6,8-9H2,1-2H3. The number of carbonyl (C=O) groups is 1. The number of carbonyl (C=O) groups excluding carboxylic acids is 1. The summed E-state index contributed by atoms with van der Waals surface area (Å²) in [5, 5.41) is 3.35. The van der Waals surface area contributed by atoms with Crippen LogP contribution in [-0.2, 0) is 24.2 Å². The Kier molecular flexibility index (Phi) is 3.25. The summed E-state index contributed by atoms with van der Waals surface area (Å²) >= 11 is 0. The van der Waals surface area contributed by atoms with Gasteiger partial charge in [-0.2, -0.15) is 0 Å². The van der Waals surface area contributed by atoms with Crippen LogP contribution in [0, 0.1) is 0 Å². The second-order valence-electron chi connectivity index (χ2n) is 4.49. The summed E-state index contributed by atoms with van der Waals surface area (Å²) in [6, 6.07) is 6.39. The van der Waals surface area contributed by atoms with Crippen molar-refractivity contribution in [3.05, 3.63) is 34.9 Å². The van der Waals surface area contributed by atoms with E-state index in [1.54, 1.807) is 19.0 Å². The van der Waals surface area contributed by atoms with Gasteiger partial charge < -0.3 is 10.2 Å². The lowest BCUT2D eigenvalue weighted by Gasteiger charge is -2.18. The van der Waals surface area contributed by atoms with E-state index in [0.717, 1.165) is 25.1 Å². The molecule has 3 heteroatoms. The van der Waals surface area contributed by atoms with Crippen LogP contribution in [0.4, 0.5) is 0 Å². The number of nitrogens with one attached hydrogen (secondary N) is 1. The first-order valence-corrected chi connectivity index (χ1v) is 5.68. The van der Waals surface area contributed by atoms with Crippen molar-refractivity contribution >= 4 is 5.91 Å². The van der Waals surface area contributed by atoms with E-state index in [9.17, 15) is 4.79 Å². The van der Waals surface area contributed by atoms with Crippen LogP contribution >= 0.6 is 0 Å². The number of rotatable bonds is 2. The normalized spacial score (nSPS) is 14.4. The predicted octanol–water partition coefficient (Wildman–Crippen LogP) is 0.963. The molecule has 0 atom stereocenters. The molecule has 0 saturated heterocycles. The number of amides is 1. The molecule has 0 aliphatic carbocycles. The highest BCUT2D eigenvalue weighted by Crippen LogP contribution is 2.16. The Balaban J connectivity index is 2.14. The van der Waals surface area contributed by atoms with Gasteiger partial charge in [-0.1, -0.05) is 18.2 Å². The highest BCUT2D eigenvalue weighted by Gasteiger charge is 2.11. The van der Waals surface area contributed by atoms with Gasteiger partial charge >= 0.3 is 0 Å². The fourth-order valence-electron chi connectivity index (χ4n) is 1.98. The van der Waals surface area contributed by atoms with Crippen molar-refractivity contribution in [2.75, 3.05) is 20.6 Å². The van der Waals surface area contributed by atoms with E-state index < -0.39 is 0 Å². The Morgan fingerprint density at radius 3 is 2.94 bits per heavy atom. The van der Waals surface area contributed by atoms with Crippen molar-refractivity contribution in [2.45, 2.75) is 19.4 Å². The number of benzene rings is 1. The SMILES string of the molecule is CN(C)C(=O)Cc1ccc2c(c1)CNCC2. The van der Waals surface area contributed by atoms with E-state index >= 15 is 0 Å². The monoisotopic (exact) mass is 218 g/mol. The van der Waals surface area contributed by atoms with Gasteiger partial charge in [0.25, 0.3) is 0 Å². The Labute approximate surface area is 96.5 Å². The third-order valence-corrected chi connectivity index (χ3v) is 3.01. The number of nitrogens with zero attached hydrogens (tertiary/aromatic N) is 1. The molecule has 1 aliphatic rings. The molecule has 0 unspecified atom stereocenters. The molecular formula is C13H18N2O. The number of hydrogen-bond acceptors (Lipinski definition) is 2. The maximum absolute atomic E-state index is 11.6. The quantitative estimate of drug-likeness (QED) is 0.802. The molecular weight excluding hydrogens is 200 g/mol. The number of fused-ring (bicyclic) bond motifs is 1. The summed E-state index contributed by atoms with van der Waals surface area (Å²) < 4.78 is 0. The molecule has 0 fully saturated rings. The molecule has 1 heterocycles. The summed E-state index contributed by atoms with van der Waals surface area (Å²) in [6.07, 6.45) is 1.59. The van der Waals surface area contributed by atoms with E-state index in [2.05, 4.69) is 23.5 Å². The molecule has 16 heavy (non-hydrogen) atoms. The van der Waals surface area contributed by atoms with Crippen LogP contribution in [0.1, 0.15) is 16.7 Å². The smallest absolute Gasteiger partial charge is 0.226 e.